The molecule has 5 heteroatoms. The van der Waals surface area contributed by atoms with Crippen LogP contribution >= 0.6 is 31.9 Å². The first kappa shape index (κ1) is 11.7. The average Bonchev–Trinajstić information content (AvgIpc) is 2.12. The van der Waals surface area contributed by atoms with Gasteiger partial charge >= 0.3 is 0 Å². The predicted octanol–water partition coefficient (Wildman–Crippen LogP) is 2.71. The summed E-state index contributed by atoms with van der Waals surface area (Å²) in [5, 5.41) is 3.31. The van der Waals surface area contributed by atoms with Crippen LogP contribution in [0.2, 0.25) is 0 Å². The molecule has 0 aliphatic rings. The maximum absolute atomic E-state index is 12.9. The fourth-order valence-electron chi connectivity index (χ4n) is 0.948. The van der Waals surface area contributed by atoms with Crippen LogP contribution in [0.3, 0.4) is 0 Å². The first-order chi connectivity index (χ1) is 6.63. The van der Waals surface area contributed by atoms with Crippen LogP contribution in [0, 0.1) is 5.82 Å². The molecule has 76 valence electrons. The van der Waals surface area contributed by atoms with Crippen LogP contribution in [0.15, 0.2) is 22.7 Å². The fraction of sp³-hybridized carbons (Fsp3) is 0.222. The second kappa shape index (κ2) is 5.46. The van der Waals surface area contributed by atoms with Gasteiger partial charge in [0.1, 0.15) is 5.82 Å². The second-order valence-corrected chi connectivity index (χ2v) is 4.31. The summed E-state index contributed by atoms with van der Waals surface area (Å²) >= 11 is 6.30. The topological polar surface area (TPSA) is 29.1 Å². The van der Waals surface area contributed by atoms with Crippen LogP contribution in [0.4, 0.5) is 4.39 Å². The molecule has 0 aliphatic heterocycles. The van der Waals surface area contributed by atoms with Crippen LogP contribution in [0.5, 0.6) is 0 Å². The molecule has 0 bridgehead atoms. The third-order valence-corrected chi connectivity index (χ3v) is 2.36. The van der Waals surface area contributed by atoms with Gasteiger partial charge in [-0.05, 0) is 18.2 Å². The highest BCUT2D eigenvalue weighted by Crippen LogP contribution is 2.14. The molecular formula is C9H8Br2FNO. The van der Waals surface area contributed by atoms with Gasteiger partial charge in [0, 0.05) is 21.9 Å². The maximum Gasteiger partial charge on any atom is 0.251 e. The van der Waals surface area contributed by atoms with Crippen molar-refractivity contribution in [2.24, 2.45) is 0 Å². The Kier molecular flexibility index (Phi) is 4.54. The summed E-state index contributed by atoms with van der Waals surface area (Å²) in [6, 6.07) is 4.09. The first-order valence-corrected chi connectivity index (χ1v) is 5.85. The average molecular weight is 325 g/mol. The van der Waals surface area contributed by atoms with Crippen molar-refractivity contribution in [3.8, 4) is 0 Å². The molecular weight excluding hydrogens is 317 g/mol. The molecule has 1 amide bonds. The number of hydrogen-bond acceptors (Lipinski definition) is 1. The van der Waals surface area contributed by atoms with E-state index in [1.54, 1.807) is 6.07 Å². The van der Waals surface area contributed by atoms with Crippen LogP contribution < -0.4 is 5.32 Å². The molecule has 0 unspecified atom stereocenters. The van der Waals surface area contributed by atoms with Crippen LogP contribution in [-0.4, -0.2) is 17.8 Å². The van der Waals surface area contributed by atoms with Crippen molar-refractivity contribution >= 4 is 37.8 Å². The number of hydrogen-bond donors (Lipinski definition) is 1. The summed E-state index contributed by atoms with van der Waals surface area (Å²) in [5.41, 5.74) is 0.317. The van der Waals surface area contributed by atoms with Crippen molar-refractivity contribution in [3.63, 3.8) is 0 Å². The van der Waals surface area contributed by atoms with Gasteiger partial charge in [0.2, 0.25) is 0 Å². The Hall–Kier alpha value is -0.420. The smallest absolute Gasteiger partial charge is 0.251 e. The standard InChI is InChI=1S/C9H8Br2FNO/c10-1-2-13-9(14)6-3-7(11)5-8(12)4-6/h3-5H,1-2H2,(H,13,14). The normalized spacial score (nSPS) is 9.93. The third-order valence-electron chi connectivity index (χ3n) is 1.50. The molecule has 0 atom stereocenters. The molecule has 1 N–H and O–H groups in total. The summed E-state index contributed by atoms with van der Waals surface area (Å²) < 4.78 is 13.4. The summed E-state index contributed by atoms with van der Waals surface area (Å²) in [6.45, 7) is 0.521. The van der Waals surface area contributed by atoms with Crippen molar-refractivity contribution in [1.82, 2.24) is 5.32 Å². The molecule has 14 heavy (non-hydrogen) atoms. The largest absolute Gasteiger partial charge is 0.351 e. The summed E-state index contributed by atoms with van der Waals surface area (Å²) in [7, 11) is 0. The van der Waals surface area contributed by atoms with E-state index >= 15 is 0 Å². The van der Waals surface area contributed by atoms with Crippen LogP contribution in [0.1, 0.15) is 10.4 Å². The Labute approximate surface area is 98.1 Å². The molecule has 0 heterocycles. The highest BCUT2D eigenvalue weighted by Gasteiger charge is 2.06. The summed E-state index contributed by atoms with van der Waals surface area (Å²) in [6.07, 6.45) is 0. The van der Waals surface area contributed by atoms with Gasteiger partial charge in [0.05, 0.1) is 0 Å². The molecule has 0 aromatic heterocycles. The fourth-order valence-corrected chi connectivity index (χ4v) is 1.61. The molecule has 0 radical (unpaired) electrons. The lowest BCUT2D eigenvalue weighted by Gasteiger charge is -2.03. The number of benzene rings is 1. The Balaban J connectivity index is 2.79. The number of amides is 1. The first-order valence-electron chi connectivity index (χ1n) is 3.93. The molecule has 0 saturated carbocycles. The molecule has 0 saturated heterocycles. The minimum absolute atomic E-state index is 0.273. The van der Waals surface area contributed by atoms with Crippen molar-refractivity contribution in [3.05, 3.63) is 34.1 Å². The van der Waals surface area contributed by atoms with Gasteiger partial charge in [-0.3, -0.25) is 4.79 Å². The van der Waals surface area contributed by atoms with Gasteiger partial charge in [-0.1, -0.05) is 31.9 Å². The van der Waals surface area contributed by atoms with Crippen molar-refractivity contribution in [2.45, 2.75) is 0 Å². The minimum Gasteiger partial charge on any atom is -0.351 e. The van der Waals surface area contributed by atoms with Crippen LogP contribution in [-0.2, 0) is 0 Å². The van der Waals surface area contributed by atoms with Gasteiger partial charge in [0.25, 0.3) is 5.91 Å². The predicted molar refractivity (Wildman–Crippen MR) is 60.2 cm³/mol. The van der Waals surface area contributed by atoms with Gasteiger partial charge in [0.15, 0.2) is 0 Å². The van der Waals surface area contributed by atoms with E-state index in [9.17, 15) is 9.18 Å². The highest BCUT2D eigenvalue weighted by atomic mass is 79.9. The third kappa shape index (κ3) is 3.38. The molecule has 1 rings (SSSR count). The zero-order valence-corrected chi connectivity index (χ0v) is 10.4. The number of rotatable bonds is 3. The Morgan fingerprint density at radius 3 is 2.71 bits per heavy atom. The van der Waals surface area contributed by atoms with E-state index in [2.05, 4.69) is 37.2 Å². The second-order valence-electron chi connectivity index (χ2n) is 2.60. The van der Waals surface area contributed by atoms with E-state index in [1.165, 1.54) is 12.1 Å². The van der Waals surface area contributed by atoms with E-state index in [4.69, 9.17) is 0 Å². The maximum atomic E-state index is 12.9. The Bertz CT molecular complexity index is 323. The quantitative estimate of drug-likeness (QED) is 0.851. The molecule has 0 spiro atoms. The molecule has 0 fully saturated rings. The number of carbonyl (C=O) groups is 1. The molecule has 0 aliphatic carbocycles. The lowest BCUT2D eigenvalue weighted by Crippen LogP contribution is -2.25. The SMILES string of the molecule is O=C(NCCBr)c1cc(F)cc(Br)c1. The van der Waals surface area contributed by atoms with E-state index in [1.807, 2.05) is 0 Å². The lowest BCUT2D eigenvalue weighted by atomic mass is 10.2. The summed E-state index contributed by atoms with van der Waals surface area (Å²) in [5.74, 6) is -0.701. The zero-order chi connectivity index (χ0) is 10.6. The van der Waals surface area contributed by atoms with Gasteiger partial charge in [-0.25, -0.2) is 4.39 Å². The van der Waals surface area contributed by atoms with Crippen molar-refractivity contribution < 1.29 is 9.18 Å². The van der Waals surface area contributed by atoms with Crippen molar-refractivity contribution in [1.29, 1.82) is 0 Å². The molecule has 1 aromatic rings. The molecule has 2 nitrogen and oxygen atoms in total. The van der Waals surface area contributed by atoms with Gasteiger partial charge in [-0.2, -0.15) is 0 Å². The lowest BCUT2D eigenvalue weighted by molar-refractivity contribution is 0.0955. The van der Waals surface area contributed by atoms with Crippen LogP contribution in [0.25, 0.3) is 0 Å². The van der Waals surface area contributed by atoms with E-state index in [0.717, 1.165) is 0 Å². The number of carbonyl (C=O) groups excluding carboxylic acids is 1. The van der Waals surface area contributed by atoms with E-state index in [0.29, 0.717) is 21.9 Å². The summed E-state index contributed by atoms with van der Waals surface area (Å²) in [4.78, 5) is 11.4. The molecule has 1 aromatic carbocycles. The van der Waals surface area contributed by atoms with E-state index in [-0.39, 0.29) is 5.91 Å². The highest BCUT2D eigenvalue weighted by molar-refractivity contribution is 9.10. The monoisotopic (exact) mass is 323 g/mol. The zero-order valence-electron chi connectivity index (χ0n) is 7.19. The Morgan fingerprint density at radius 1 is 1.43 bits per heavy atom. The minimum atomic E-state index is -0.427. The van der Waals surface area contributed by atoms with E-state index < -0.39 is 5.82 Å². The number of nitrogens with one attached hydrogen (secondary N) is 1. The van der Waals surface area contributed by atoms with Crippen molar-refractivity contribution in [2.75, 3.05) is 11.9 Å². The number of halogens is 3. The van der Waals surface area contributed by atoms with Gasteiger partial charge < -0.3 is 5.32 Å². The number of alkyl halides is 1. The van der Waals surface area contributed by atoms with Gasteiger partial charge in [-0.15, -0.1) is 0 Å². The Morgan fingerprint density at radius 2 is 2.14 bits per heavy atom.